The Morgan fingerprint density at radius 2 is 1.72 bits per heavy atom. The van der Waals surface area contributed by atoms with Gasteiger partial charge in [-0.3, -0.25) is 4.79 Å². The summed E-state index contributed by atoms with van der Waals surface area (Å²) in [5.74, 6) is 0.840. The Kier molecular flexibility index (Phi) is 5.83. The fourth-order valence-electron chi connectivity index (χ4n) is 4.53. The van der Waals surface area contributed by atoms with Gasteiger partial charge in [0.05, 0.1) is 6.10 Å². The van der Waals surface area contributed by atoms with Crippen molar-refractivity contribution in [2.45, 2.75) is 31.5 Å². The summed E-state index contributed by atoms with van der Waals surface area (Å²) in [6.07, 6.45) is 1.16. The van der Waals surface area contributed by atoms with Gasteiger partial charge in [-0.1, -0.05) is 12.1 Å². The SMILES string of the molecule is NCCc1ccc(C(=O)N2C[C@H]3C[C@@H](Oc4ccc(F)cc4)[C@H](O)C[C@H]3C2)cc1. The molecule has 2 aromatic rings. The minimum atomic E-state index is -0.591. The average Bonchev–Trinajstić information content (AvgIpc) is 3.13. The molecule has 1 aliphatic carbocycles. The summed E-state index contributed by atoms with van der Waals surface area (Å²) in [6, 6.07) is 13.5. The van der Waals surface area contributed by atoms with Gasteiger partial charge in [-0.15, -0.1) is 0 Å². The second-order valence-corrected chi connectivity index (χ2v) is 8.11. The topological polar surface area (TPSA) is 75.8 Å². The van der Waals surface area contributed by atoms with E-state index in [1.165, 1.54) is 12.1 Å². The van der Waals surface area contributed by atoms with E-state index in [-0.39, 0.29) is 23.7 Å². The highest BCUT2D eigenvalue weighted by Crippen LogP contribution is 2.38. The number of rotatable bonds is 5. The van der Waals surface area contributed by atoms with Crippen LogP contribution in [0.1, 0.15) is 28.8 Å². The number of hydrogen-bond donors (Lipinski definition) is 2. The van der Waals surface area contributed by atoms with Crippen molar-refractivity contribution in [1.82, 2.24) is 4.90 Å². The predicted molar refractivity (Wildman–Crippen MR) is 108 cm³/mol. The number of likely N-dealkylation sites (tertiary alicyclic amines) is 1. The van der Waals surface area contributed by atoms with Crippen LogP contribution in [0.4, 0.5) is 4.39 Å². The van der Waals surface area contributed by atoms with Crippen molar-refractivity contribution in [3.05, 3.63) is 65.5 Å². The van der Waals surface area contributed by atoms with Crippen molar-refractivity contribution in [2.75, 3.05) is 19.6 Å². The zero-order valence-corrected chi connectivity index (χ0v) is 16.3. The zero-order chi connectivity index (χ0) is 20.4. The predicted octanol–water partition coefficient (Wildman–Crippen LogP) is 2.62. The molecule has 5 nitrogen and oxygen atoms in total. The van der Waals surface area contributed by atoms with Crippen LogP contribution in [0.25, 0.3) is 0 Å². The minimum Gasteiger partial charge on any atom is -0.488 e. The lowest BCUT2D eigenvalue weighted by Crippen LogP contribution is -2.42. The van der Waals surface area contributed by atoms with Crippen molar-refractivity contribution in [2.24, 2.45) is 17.6 Å². The van der Waals surface area contributed by atoms with Crippen molar-refractivity contribution >= 4 is 5.91 Å². The number of aliphatic hydroxyl groups excluding tert-OH is 1. The molecule has 4 atom stereocenters. The summed E-state index contributed by atoms with van der Waals surface area (Å²) in [6.45, 7) is 1.92. The van der Waals surface area contributed by atoms with Crippen LogP contribution in [0.3, 0.4) is 0 Å². The number of aliphatic hydroxyl groups is 1. The number of nitrogens with two attached hydrogens (primary N) is 1. The lowest BCUT2D eigenvalue weighted by Gasteiger charge is -2.35. The first-order valence-electron chi connectivity index (χ1n) is 10.2. The number of nitrogens with zero attached hydrogens (tertiary/aromatic N) is 1. The highest BCUT2D eigenvalue weighted by atomic mass is 19.1. The molecular weight excluding hydrogens is 371 g/mol. The second kappa shape index (κ2) is 8.51. The van der Waals surface area contributed by atoms with Gasteiger partial charge in [-0.05, 0) is 79.6 Å². The normalized spacial score (nSPS) is 26.2. The fraction of sp³-hybridized carbons (Fsp3) is 0.435. The molecule has 4 rings (SSSR count). The number of amides is 1. The summed E-state index contributed by atoms with van der Waals surface area (Å²) in [7, 11) is 0. The number of ether oxygens (including phenoxy) is 1. The molecule has 29 heavy (non-hydrogen) atoms. The van der Waals surface area contributed by atoms with Crippen LogP contribution in [0.5, 0.6) is 5.75 Å². The first-order valence-corrected chi connectivity index (χ1v) is 10.2. The Hall–Kier alpha value is -2.44. The third-order valence-corrected chi connectivity index (χ3v) is 6.11. The van der Waals surface area contributed by atoms with Gasteiger partial charge < -0.3 is 20.5 Å². The Morgan fingerprint density at radius 1 is 1.07 bits per heavy atom. The van der Waals surface area contributed by atoms with Gasteiger partial charge in [0, 0.05) is 18.7 Å². The van der Waals surface area contributed by atoms with E-state index in [2.05, 4.69) is 0 Å². The molecule has 6 heteroatoms. The molecule has 0 aromatic heterocycles. The van der Waals surface area contributed by atoms with E-state index in [1.807, 2.05) is 29.2 Å². The monoisotopic (exact) mass is 398 g/mol. The summed E-state index contributed by atoms with van der Waals surface area (Å²) >= 11 is 0. The third-order valence-electron chi connectivity index (χ3n) is 6.11. The van der Waals surface area contributed by atoms with E-state index in [4.69, 9.17) is 10.5 Å². The maximum Gasteiger partial charge on any atom is 0.253 e. The number of carbonyl (C=O) groups excluding carboxylic acids is 1. The van der Waals surface area contributed by atoms with E-state index >= 15 is 0 Å². The van der Waals surface area contributed by atoms with E-state index in [1.54, 1.807) is 12.1 Å². The standard InChI is InChI=1S/C23H27FN2O3/c24-19-5-7-20(8-6-19)29-22-12-18-14-26(13-17(18)11-21(22)27)23(28)16-3-1-15(2-4-16)9-10-25/h1-8,17-18,21-22,27H,9-14,25H2/t17-,18+,21+,22+/m0/s1. The van der Waals surface area contributed by atoms with Crippen LogP contribution in [-0.2, 0) is 6.42 Å². The summed E-state index contributed by atoms with van der Waals surface area (Å²) in [5, 5.41) is 10.5. The van der Waals surface area contributed by atoms with Crippen LogP contribution in [0, 0.1) is 17.7 Å². The molecule has 1 saturated carbocycles. The number of hydrogen-bond acceptors (Lipinski definition) is 4. The molecule has 154 valence electrons. The van der Waals surface area contributed by atoms with E-state index < -0.39 is 6.10 Å². The first kappa shape index (κ1) is 19.9. The number of carbonyl (C=O) groups is 1. The second-order valence-electron chi connectivity index (χ2n) is 8.11. The van der Waals surface area contributed by atoms with Gasteiger partial charge in [0.15, 0.2) is 0 Å². The molecule has 0 spiro atoms. The third kappa shape index (κ3) is 4.43. The van der Waals surface area contributed by atoms with E-state index in [0.717, 1.165) is 12.0 Å². The summed E-state index contributed by atoms with van der Waals surface area (Å²) in [4.78, 5) is 14.8. The Morgan fingerprint density at radius 3 is 2.38 bits per heavy atom. The molecule has 0 radical (unpaired) electrons. The molecule has 2 aliphatic rings. The summed E-state index contributed by atoms with van der Waals surface area (Å²) < 4.78 is 19.0. The highest BCUT2D eigenvalue weighted by molar-refractivity contribution is 5.94. The largest absolute Gasteiger partial charge is 0.488 e. The molecule has 0 bridgehead atoms. The zero-order valence-electron chi connectivity index (χ0n) is 16.3. The van der Waals surface area contributed by atoms with Gasteiger partial charge in [-0.2, -0.15) is 0 Å². The quantitative estimate of drug-likeness (QED) is 0.812. The van der Waals surface area contributed by atoms with Gasteiger partial charge in [0.1, 0.15) is 17.7 Å². The molecule has 2 aromatic carbocycles. The van der Waals surface area contributed by atoms with Crippen LogP contribution in [-0.4, -0.2) is 47.8 Å². The van der Waals surface area contributed by atoms with Gasteiger partial charge in [0.2, 0.25) is 0 Å². The van der Waals surface area contributed by atoms with E-state index in [9.17, 15) is 14.3 Å². The average molecular weight is 398 g/mol. The van der Waals surface area contributed by atoms with Crippen LogP contribution in [0.15, 0.2) is 48.5 Å². The molecule has 1 aliphatic heterocycles. The van der Waals surface area contributed by atoms with Gasteiger partial charge in [-0.25, -0.2) is 4.39 Å². The van der Waals surface area contributed by atoms with Gasteiger partial charge in [0.25, 0.3) is 5.91 Å². The molecular formula is C23H27FN2O3. The number of halogens is 1. The molecule has 1 heterocycles. The molecule has 3 N–H and O–H groups in total. The molecule has 1 amide bonds. The molecule has 2 fully saturated rings. The van der Waals surface area contributed by atoms with Crippen LogP contribution >= 0.6 is 0 Å². The Labute approximate surface area is 170 Å². The molecule has 1 saturated heterocycles. The van der Waals surface area contributed by atoms with Crippen molar-refractivity contribution in [1.29, 1.82) is 0 Å². The minimum absolute atomic E-state index is 0.0317. The Balaban J connectivity index is 1.39. The van der Waals surface area contributed by atoms with Crippen molar-refractivity contribution in [3.8, 4) is 5.75 Å². The van der Waals surface area contributed by atoms with Crippen LogP contribution in [0.2, 0.25) is 0 Å². The summed E-state index contributed by atoms with van der Waals surface area (Å²) in [5.41, 5.74) is 7.39. The fourth-order valence-corrected chi connectivity index (χ4v) is 4.53. The van der Waals surface area contributed by atoms with Crippen molar-refractivity contribution < 1.29 is 19.0 Å². The van der Waals surface area contributed by atoms with Gasteiger partial charge >= 0.3 is 0 Å². The molecule has 0 unspecified atom stereocenters. The lowest BCUT2D eigenvalue weighted by atomic mass is 9.78. The number of fused-ring (bicyclic) bond motifs is 1. The lowest BCUT2D eigenvalue weighted by molar-refractivity contribution is -0.0231. The van der Waals surface area contributed by atoms with E-state index in [0.29, 0.717) is 49.7 Å². The van der Waals surface area contributed by atoms with Crippen LogP contribution < -0.4 is 10.5 Å². The highest BCUT2D eigenvalue weighted by Gasteiger charge is 2.44. The maximum absolute atomic E-state index is 13.1. The maximum atomic E-state index is 13.1. The first-order chi connectivity index (χ1) is 14.0. The number of benzene rings is 2. The smallest absolute Gasteiger partial charge is 0.253 e. The Bertz CT molecular complexity index is 840. The van der Waals surface area contributed by atoms with Crippen molar-refractivity contribution in [3.63, 3.8) is 0 Å².